The van der Waals surface area contributed by atoms with Crippen molar-refractivity contribution in [2.75, 3.05) is 13.1 Å². The number of nitrogens with zero attached hydrogens (tertiary/aromatic N) is 2. The van der Waals surface area contributed by atoms with Crippen LogP contribution in [0.15, 0.2) is 24.3 Å². The lowest BCUT2D eigenvalue weighted by molar-refractivity contribution is 0.229. The number of hydrogen-bond acceptors (Lipinski definition) is 4. The largest absolute Gasteiger partial charge is 0.308 e. The van der Waals surface area contributed by atoms with Gasteiger partial charge in [-0.2, -0.15) is 0 Å². The van der Waals surface area contributed by atoms with E-state index in [0.29, 0.717) is 12.1 Å². The van der Waals surface area contributed by atoms with Gasteiger partial charge >= 0.3 is 0 Å². The molecule has 1 aliphatic heterocycles. The van der Waals surface area contributed by atoms with Crippen LogP contribution >= 0.6 is 11.3 Å². The SMILES string of the molecule is CC(C)N1CCCC(NCc2nc3ccccc3s2)CC1. The summed E-state index contributed by atoms with van der Waals surface area (Å²) in [5.74, 6) is 0. The van der Waals surface area contributed by atoms with Crippen LogP contribution in [0.4, 0.5) is 0 Å². The number of likely N-dealkylation sites (tertiary alicyclic amines) is 1. The molecular formula is C17H25N3S. The number of para-hydroxylation sites is 1. The molecule has 1 aliphatic rings. The minimum absolute atomic E-state index is 0.640. The highest BCUT2D eigenvalue weighted by atomic mass is 32.1. The molecule has 0 bridgehead atoms. The van der Waals surface area contributed by atoms with Crippen LogP contribution in [-0.2, 0) is 6.54 Å². The molecule has 1 aromatic heterocycles. The lowest BCUT2D eigenvalue weighted by Crippen LogP contribution is -2.33. The molecule has 0 aliphatic carbocycles. The number of aromatic nitrogens is 1. The van der Waals surface area contributed by atoms with E-state index < -0.39 is 0 Å². The van der Waals surface area contributed by atoms with E-state index in [9.17, 15) is 0 Å². The average Bonchev–Trinajstić information content (AvgIpc) is 2.74. The number of rotatable bonds is 4. The minimum Gasteiger partial charge on any atom is -0.308 e. The molecule has 114 valence electrons. The van der Waals surface area contributed by atoms with Gasteiger partial charge in [0.25, 0.3) is 0 Å². The average molecular weight is 303 g/mol. The Kier molecular flexibility index (Phi) is 4.88. The third-order valence-corrected chi connectivity index (χ3v) is 5.41. The molecule has 2 aromatic rings. The summed E-state index contributed by atoms with van der Waals surface area (Å²) in [4.78, 5) is 7.31. The molecule has 1 atom stereocenters. The van der Waals surface area contributed by atoms with Crippen molar-refractivity contribution in [1.82, 2.24) is 15.2 Å². The van der Waals surface area contributed by atoms with Gasteiger partial charge in [-0.1, -0.05) is 12.1 Å². The molecule has 1 unspecified atom stereocenters. The Morgan fingerprint density at radius 3 is 2.95 bits per heavy atom. The first-order chi connectivity index (χ1) is 10.2. The third-order valence-electron chi connectivity index (χ3n) is 4.37. The quantitative estimate of drug-likeness (QED) is 0.934. The normalized spacial score (nSPS) is 21.0. The lowest BCUT2D eigenvalue weighted by atomic mass is 10.1. The molecule has 4 heteroatoms. The van der Waals surface area contributed by atoms with Crippen LogP contribution in [0.5, 0.6) is 0 Å². The van der Waals surface area contributed by atoms with E-state index in [1.165, 1.54) is 42.1 Å². The van der Waals surface area contributed by atoms with Gasteiger partial charge in [-0.25, -0.2) is 4.98 Å². The number of hydrogen-bond donors (Lipinski definition) is 1. The van der Waals surface area contributed by atoms with Crippen molar-refractivity contribution in [1.29, 1.82) is 0 Å². The van der Waals surface area contributed by atoms with E-state index in [1.54, 1.807) is 0 Å². The number of fused-ring (bicyclic) bond motifs is 1. The summed E-state index contributed by atoms with van der Waals surface area (Å²) in [6.07, 6.45) is 3.84. The van der Waals surface area contributed by atoms with Gasteiger partial charge in [-0.3, -0.25) is 0 Å². The molecule has 21 heavy (non-hydrogen) atoms. The van der Waals surface area contributed by atoms with Crippen molar-refractivity contribution in [2.24, 2.45) is 0 Å². The summed E-state index contributed by atoms with van der Waals surface area (Å²) in [5, 5.41) is 4.93. The molecule has 0 spiro atoms. The van der Waals surface area contributed by atoms with Gasteiger partial charge in [0.05, 0.1) is 10.2 Å². The van der Waals surface area contributed by atoms with Gasteiger partial charge in [0.15, 0.2) is 0 Å². The van der Waals surface area contributed by atoms with Crippen molar-refractivity contribution in [3.05, 3.63) is 29.3 Å². The van der Waals surface area contributed by atoms with Gasteiger partial charge in [0, 0.05) is 18.6 Å². The smallest absolute Gasteiger partial charge is 0.108 e. The first-order valence-electron chi connectivity index (χ1n) is 8.04. The Balaban J connectivity index is 1.55. The second kappa shape index (κ2) is 6.86. The maximum absolute atomic E-state index is 4.71. The van der Waals surface area contributed by atoms with Gasteiger partial charge in [0.1, 0.15) is 5.01 Å². The fourth-order valence-electron chi connectivity index (χ4n) is 3.07. The molecule has 2 heterocycles. The lowest BCUT2D eigenvalue weighted by Gasteiger charge is -2.24. The van der Waals surface area contributed by atoms with Crippen LogP contribution in [0.25, 0.3) is 10.2 Å². The fourth-order valence-corrected chi connectivity index (χ4v) is 3.98. The summed E-state index contributed by atoms with van der Waals surface area (Å²) in [6.45, 7) is 7.97. The predicted octanol–water partition coefficient (Wildman–Crippen LogP) is 3.65. The van der Waals surface area contributed by atoms with E-state index in [4.69, 9.17) is 4.98 Å². The van der Waals surface area contributed by atoms with Gasteiger partial charge in [-0.15, -0.1) is 11.3 Å². The topological polar surface area (TPSA) is 28.2 Å². The van der Waals surface area contributed by atoms with Gasteiger partial charge < -0.3 is 10.2 Å². The van der Waals surface area contributed by atoms with Crippen molar-refractivity contribution in [3.8, 4) is 0 Å². The highest BCUT2D eigenvalue weighted by molar-refractivity contribution is 7.18. The predicted molar refractivity (Wildman–Crippen MR) is 90.8 cm³/mol. The zero-order chi connectivity index (χ0) is 14.7. The summed E-state index contributed by atoms with van der Waals surface area (Å²) < 4.78 is 1.29. The monoisotopic (exact) mass is 303 g/mol. The van der Waals surface area contributed by atoms with E-state index >= 15 is 0 Å². The van der Waals surface area contributed by atoms with E-state index in [-0.39, 0.29) is 0 Å². The molecule has 0 saturated carbocycles. The van der Waals surface area contributed by atoms with Gasteiger partial charge in [-0.05, 0) is 58.3 Å². The molecule has 1 aromatic carbocycles. The first kappa shape index (κ1) is 14.9. The summed E-state index contributed by atoms with van der Waals surface area (Å²) >= 11 is 1.81. The third kappa shape index (κ3) is 3.82. The number of thiazole rings is 1. The fraction of sp³-hybridized carbons (Fsp3) is 0.588. The minimum atomic E-state index is 0.640. The van der Waals surface area contributed by atoms with Crippen LogP contribution in [0.1, 0.15) is 38.1 Å². The zero-order valence-electron chi connectivity index (χ0n) is 13.0. The van der Waals surface area contributed by atoms with E-state index in [1.807, 2.05) is 11.3 Å². The van der Waals surface area contributed by atoms with E-state index in [2.05, 4.69) is 48.3 Å². The maximum Gasteiger partial charge on any atom is 0.108 e. The standard InChI is InChI=1S/C17H25N3S/c1-13(2)20-10-5-6-14(9-11-20)18-12-17-19-15-7-3-4-8-16(15)21-17/h3-4,7-8,13-14,18H,5-6,9-12H2,1-2H3. The Morgan fingerprint density at radius 1 is 1.29 bits per heavy atom. The molecule has 1 fully saturated rings. The van der Waals surface area contributed by atoms with E-state index in [0.717, 1.165) is 12.1 Å². The molecule has 0 amide bonds. The van der Waals surface area contributed by atoms with Crippen LogP contribution < -0.4 is 5.32 Å². The number of nitrogens with one attached hydrogen (secondary N) is 1. The second-order valence-electron chi connectivity index (χ2n) is 6.21. The van der Waals surface area contributed by atoms with Crippen molar-refractivity contribution in [2.45, 2.75) is 51.7 Å². The molecule has 1 N–H and O–H groups in total. The van der Waals surface area contributed by atoms with Crippen LogP contribution in [-0.4, -0.2) is 35.1 Å². The molecule has 1 saturated heterocycles. The molecule has 3 rings (SSSR count). The van der Waals surface area contributed by atoms with Crippen LogP contribution in [0.2, 0.25) is 0 Å². The van der Waals surface area contributed by atoms with Gasteiger partial charge in [0.2, 0.25) is 0 Å². The first-order valence-corrected chi connectivity index (χ1v) is 8.86. The molecule has 0 radical (unpaired) electrons. The Hall–Kier alpha value is -0.970. The maximum atomic E-state index is 4.71. The summed E-state index contributed by atoms with van der Waals surface area (Å²) in [5.41, 5.74) is 1.13. The van der Waals surface area contributed by atoms with Crippen LogP contribution in [0, 0.1) is 0 Å². The molecule has 3 nitrogen and oxygen atoms in total. The Labute approximate surface area is 131 Å². The Bertz CT molecular complexity index is 545. The zero-order valence-corrected chi connectivity index (χ0v) is 13.8. The highest BCUT2D eigenvalue weighted by Crippen LogP contribution is 2.22. The van der Waals surface area contributed by atoms with Crippen molar-refractivity contribution < 1.29 is 0 Å². The summed E-state index contributed by atoms with van der Waals surface area (Å²) in [6, 6.07) is 9.72. The molecular weight excluding hydrogens is 278 g/mol. The second-order valence-corrected chi connectivity index (χ2v) is 7.33. The van der Waals surface area contributed by atoms with Crippen molar-refractivity contribution in [3.63, 3.8) is 0 Å². The highest BCUT2D eigenvalue weighted by Gasteiger charge is 2.18. The Morgan fingerprint density at radius 2 is 2.14 bits per heavy atom. The summed E-state index contributed by atoms with van der Waals surface area (Å²) in [7, 11) is 0. The number of benzene rings is 1. The van der Waals surface area contributed by atoms with Crippen LogP contribution in [0.3, 0.4) is 0 Å². The van der Waals surface area contributed by atoms with Crippen molar-refractivity contribution >= 4 is 21.6 Å².